The molecule has 6 heteroatoms. The van der Waals surface area contributed by atoms with Crippen molar-refractivity contribution in [3.8, 4) is 0 Å². The Labute approximate surface area is 131 Å². The van der Waals surface area contributed by atoms with Crippen molar-refractivity contribution in [2.45, 2.75) is 31.9 Å². The molecule has 0 bridgehead atoms. The molecule has 0 saturated heterocycles. The molecule has 0 fully saturated rings. The summed E-state index contributed by atoms with van der Waals surface area (Å²) in [5, 5.41) is 7.98. The first-order valence-corrected chi connectivity index (χ1v) is 7.25. The summed E-state index contributed by atoms with van der Waals surface area (Å²) in [7, 11) is 3.18. The van der Waals surface area contributed by atoms with Gasteiger partial charge in [0.05, 0.1) is 5.60 Å². The van der Waals surface area contributed by atoms with E-state index in [0.29, 0.717) is 13.0 Å². The van der Waals surface area contributed by atoms with Gasteiger partial charge in [0.15, 0.2) is 0 Å². The SMILES string of the molecule is CNC(=O)[C@@H](NC(=O)NCCC(C)(C)OC)c1ccccc1. The van der Waals surface area contributed by atoms with Crippen LogP contribution in [0.5, 0.6) is 0 Å². The minimum absolute atomic E-state index is 0.265. The number of methoxy groups -OCH3 is 1. The van der Waals surface area contributed by atoms with Crippen molar-refractivity contribution in [2.75, 3.05) is 20.7 Å². The van der Waals surface area contributed by atoms with Crippen LogP contribution in [-0.4, -0.2) is 38.2 Å². The molecule has 3 amide bonds. The molecule has 0 aliphatic carbocycles. The molecule has 0 saturated carbocycles. The highest BCUT2D eigenvalue weighted by atomic mass is 16.5. The van der Waals surface area contributed by atoms with Crippen LogP contribution < -0.4 is 16.0 Å². The van der Waals surface area contributed by atoms with Crippen LogP contribution in [0.4, 0.5) is 4.79 Å². The van der Waals surface area contributed by atoms with Crippen LogP contribution >= 0.6 is 0 Å². The number of likely N-dealkylation sites (N-methyl/N-ethyl adjacent to an activating group) is 1. The minimum Gasteiger partial charge on any atom is -0.379 e. The quantitative estimate of drug-likeness (QED) is 0.715. The highest BCUT2D eigenvalue weighted by Crippen LogP contribution is 2.13. The van der Waals surface area contributed by atoms with E-state index in [0.717, 1.165) is 5.56 Å². The fourth-order valence-electron chi connectivity index (χ4n) is 1.85. The van der Waals surface area contributed by atoms with Crippen LogP contribution in [-0.2, 0) is 9.53 Å². The second kappa shape index (κ2) is 8.38. The summed E-state index contributed by atoms with van der Waals surface area (Å²) in [5.41, 5.74) is 0.432. The predicted molar refractivity (Wildman–Crippen MR) is 85.5 cm³/mol. The van der Waals surface area contributed by atoms with Gasteiger partial charge in [0.25, 0.3) is 0 Å². The van der Waals surface area contributed by atoms with Crippen LogP contribution in [0, 0.1) is 0 Å². The Bertz CT molecular complexity index is 489. The first-order valence-electron chi connectivity index (χ1n) is 7.25. The van der Waals surface area contributed by atoms with Crippen molar-refractivity contribution in [1.29, 1.82) is 0 Å². The molecule has 1 rings (SSSR count). The van der Waals surface area contributed by atoms with Crippen molar-refractivity contribution in [3.63, 3.8) is 0 Å². The fraction of sp³-hybridized carbons (Fsp3) is 0.500. The van der Waals surface area contributed by atoms with Crippen molar-refractivity contribution in [2.24, 2.45) is 0 Å². The average Bonchev–Trinajstić information content (AvgIpc) is 2.52. The molecule has 0 aromatic heterocycles. The maximum absolute atomic E-state index is 12.0. The van der Waals surface area contributed by atoms with Gasteiger partial charge in [-0.1, -0.05) is 30.3 Å². The average molecular weight is 307 g/mol. The van der Waals surface area contributed by atoms with Gasteiger partial charge >= 0.3 is 6.03 Å². The van der Waals surface area contributed by atoms with Gasteiger partial charge in [0.2, 0.25) is 5.91 Å². The topological polar surface area (TPSA) is 79.5 Å². The summed E-state index contributed by atoms with van der Waals surface area (Å²) >= 11 is 0. The van der Waals surface area contributed by atoms with E-state index in [1.54, 1.807) is 26.3 Å². The zero-order chi connectivity index (χ0) is 16.6. The van der Waals surface area contributed by atoms with Gasteiger partial charge in [-0.25, -0.2) is 4.79 Å². The maximum atomic E-state index is 12.0. The lowest BCUT2D eigenvalue weighted by atomic mass is 10.1. The van der Waals surface area contributed by atoms with Gasteiger partial charge in [-0.3, -0.25) is 4.79 Å². The molecule has 0 heterocycles. The largest absolute Gasteiger partial charge is 0.379 e. The van der Waals surface area contributed by atoms with Crippen LogP contribution in [0.25, 0.3) is 0 Å². The molecule has 0 spiro atoms. The van der Waals surface area contributed by atoms with E-state index in [4.69, 9.17) is 4.74 Å². The Morgan fingerprint density at radius 3 is 2.41 bits per heavy atom. The molecule has 0 radical (unpaired) electrons. The van der Waals surface area contributed by atoms with Gasteiger partial charge in [0.1, 0.15) is 6.04 Å². The first-order chi connectivity index (χ1) is 10.4. The highest BCUT2D eigenvalue weighted by Gasteiger charge is 2.22. The summed E-state index contributed by atoms with van der Waals surface area (Å²) in [6, 6.07) is 8.00. The van der Waals surface area contributed by atoms with Gasteiger partial charge in [0, 0.05) is 20.7 Å². The lowest BCUT2D eigenvalue weighted by molar-refractivity contribution is -0.122. The van der Waals surface area contributed by atoms with E-state index in [2.05, 4.69) is 16.0 Å². The Hall–Kier alpha value is -2.08. The third-order valence-corrected chi connectivity index (χ3v) is 3.48. The van der Waals surface area contributed by atoms with Gasteiger partial charge in [-0.15, -0.1) is 0 Å². The summed E-state index contributed by atoms with van der Waals surface area (Å²) in [6.07, 6.45) is 0.674. The second-order valence-electron chi connectivity index (χ2n) is 5.57. The summed E-state index contributed by atoms with van der Waals surface area (Å²) in [6.45, 7) is 4.36. The number of carbonyl (C=O) groups excluding carboxylic acids is 2. The number of carbonyl (C=O) groups is 2. The molecule has 3 N–H and O–H groups in total. The van der Waals surface area contributed by atoms with Crippen molar-refractivity contribution >= 4 is 11.9 Å². The Balaban J connectivity index is 2.60. The van der Waals surface area contributed by atoms with Gasteiger partial charge in [-0.2, -0.15) is 0 Å². The van der Waals surface area contributed by atoms with E-state index in [-0.39, 0.29) is 17.5 Å². The highest BCUT2D eigenvalue weighted by molar-refractivity contribution is 5.87. The monoisotopic (exact) mass is 307 g/mol. The van der Waals surface area contributed by atoms with E-state index in [9.17, 15) is 9.59 Å². The summed E-state index contributed by atoms with van der Waals surface area (Å²) < 4.78 is 5.29. The van der Waals surface area contributed by atoms with Crippen LogP contribution in [0.1, 0.15) is 31.9 Å². The Kier molecular flexibility index (Phi) is 6.85. The molecule has 0 unspecified atom stereocenters. The number of rotatable bonds is 7. The third kappa shape index (κ3) is 5.73. The predicted octanol–water partition coefficient (Wildman–Crippen LogP) is 1.59. The van der Waals surface area contributed by atoms with Gasteiger partial charge < -0.3 is 20.7 Å². The number of amides is 3. The molecular weight excluding hydrogens is 282 g/mol. The Morgan fingerprint density at radius 1 is 1.23 bits per heavy atom. The molecule has 6 nitrogen and oxygen atoms in total. The van der Waals surface area contributed by atoms with Crippen molar-refractivity contribution in [1.82, 2.24) is 16.0 Å². The molecule has 0 aliphatic rings. The third-order valence-electron chi connectivity index (χ3n) is 3.48. The first kappa shape index (κ1) is 18.0. The molecular formula is C16H25N3O3. The molecule has 1 atom stereocenters. The van der Waals surface area contributed by atoms with Gasteiger partial charge in [-0.05, 0) is 25.8 Å². The van der Waals surface area contributed by atoms with Crippen LogP contribution in [0.3, 0.4) is 0 Å². The lowest BCUT2D eigenvalue weighted by Gasteiger charge is -2.23. The number of ether oxygens (including phenoxy) is 1. The summed E-state index contributed by atoms with van der Waals surface area (Å²) in [5.74, 6) is -0.265. The lowest BCUT2D eigenvalue weighted by Crippen LogP contribution is -2.44. The number of hydrogen-bond acceptors (Lipinski definition) is 3. The summed E-state index contributed by atoms with van der Waals surface area (Å²) in [4.78, 5) is 23.9. The van der Waals surface area contributed by atoms with E-state index in [1.807, 2.05) is 32.0 Å². The zero-order valence-electron chi connectivity index (χ0n) is 13.6. The number of nitrogens with one attached hydrogen (secondary N) is 3. The fourth-order valence-corrected chi connectivity index (χ4v) is 1.85. The van der Waals surface area contributed by atoms with E-state index in [1.165, 1.54) is 0 Å². The zero-order valence-corrected chi connectivity index (χ0v) is 13.6. The molecule has 1 aromatic rings. The molecule has 22 heavy (non-hydrogen) atoms. The number of urea groups is 1. The maximum Gasteiger partial charge on any atom is 0.315 e. The van der Waals surface area contributed by atoms with Crippen LogP contribution in [0.15, 0.2) is 30.3 Å². The number of hydrogen-bond donors (Lipinski definition) is 3. The van der Waals surface area contributed by atoms with Crippen molar-refractivity contribution < 1.29 is 14.3 Å². The smallest absolute Gasteiger partial charge is 0.315 e. The minimum atomic E-state index is -0.721. The van der Waals surface area contributed by atoms with Crippen LogP contribution in [0.2, 0.25) is 0 Å². The second-order valence-corrected chi connectivity index (χ2v) is 5.57. The molecule has 0 aliphatic heterocycles. The molecule has 122 valence electrons. The van der Waals surface area contributed by atoms with Crippen molar-refractivity contribution in [3.05, 3.63) is 35.9 Å². The van der Waals surface area contributed by atoms with E-state index >= 15 is 0 Å². The molecule has 1 aromatic carbocycles. The standard InChI is InChI=1S/C16H25N3O3/c1-16(2,22-4)10-11-18-15(21)19-13(14(20)17-3)12-8-6-5-7-9-12/h5-9,13H,10-11H2,1-4H3,(H,17,20)(H2,18,19,21)/t13-/m0/s1. The van der Waals surface area contributed by atoms with E-state index < -0.39 is 6.04 Å². The Morgan fingerprint density at radius 2 is 1.86 bits per heavy atom. The normalized spacial score (nSPS) is 12.4. The number of benzene rings is 1.